The standard InChI is InChI=1S/C21H20BrN3O4/c1-3-28-18-10-15(8-16(11-23)20(26)25-21(24)27)9-17(22)19(18)29-12-14-6-4-13(2)5-7-14/h4-10H,3,12H2,1-2H3,(H3,24,25,26,27)/b16-8-. The van der Waals surface area contributed by atoms with E-state index >= 15 is 0 Å². The summed E-state index contributed by atoms with van der Waals surface area (Å²) in [5.41, 5.74) is 7.33. The first kappa shape index (κ1) is 22.0. The maximum absolute atomic E-state index is 11.9. The van der Waals surface area contributed by atoms with Gasteiger partial charge in [0.15, 0.2) is 11.5 Å². The summed E-state index contributed by atoms with van der Waals surface area (Å²) in [6.07, 6.45) is 1.33. The lowest BCUT2D eigenvalue weighted by molar-refractivity contribution is -0.115. The topological polar surface area (TPSA) is 114 Å². The Morgan fingerprint density at radius 1 is 1.24 bits per heavy atom. The van der Waals surface area contributed by atoms with E-state index in [9.17, 15) is 14.9 Å². The van der Waals surface area contributed by atoms with Crippen molar-refractivity contribution in [3.05, 3.63) is 63.1 Å². The van der Waals surface area contributed by atoms with E-state index in [0.717, 1.165) is 11.1 Å². The highest BCUT2D eigenvalue weighted by atomic mass is 79.9. The third-order valence-corrected chi connectivity index (χ3v) is 4.34. The van der Waals surface area contributed by atoms with Crippen molar-refractivity contribution in [1.29, 1.82) is 5.26 Å². The predicted molar refractivity (Wildman–Crippen MR) is 112 cm³/mol. The van der Waals surface area contributed by atoms with Gasteiger partial charge in [-0.15, -0.1) is 0 Å². The third kappa shape index (κ3) is 6.36. The molecule has 0 heterocycles. The SMILES string of the molecule is CCOc1cc(/C=C(/C#N)C(=O)NC(N)=O)cc(Br)c1OCc1ccc(C)cc1. The number of hydrogen-bond donors (Lipinski definition) is 2. The second-order valence-corrected chi connectivity index (χ2v) is 6.88. The van der Waals surface area contributed by atoms with Crippen LogP contribution in [0, 0.1) is 18.3 Å². The van der Waals surface area contributed by atoms with Crippen LogP contribution in [0.15, 0.2) is 46.4 Å². The molecule has 0 aliphatic carbocycles. The zero-order chi connectivity index (χ0) is 21.4. The molecule has 2 rings (SSSR count). The summed E-state index contributed by atoms with van der Waals surface area (Å²) >= 11 is 3.45. The van der Waals surface area contributed by atoms with Crippen molar-refractivity contribution in [3.63, 3.8) is 0 Å². The summed E-state index contributed by atoms with van der Waals surface area (Å²) in [6.45, 7) is 4.59. The van der Waals surface area contributed by atoms with Gasteiger partial charge in [0.2, 0.25) is 0 Å². The molecule has 0 aliphatic heterocycles. The Balaban J connectivity index is 2.32. The maximum Gasteiger partial charge on any atom is 0.319 e. The second-order valence-electron chi connectivity index (χ2n) is 6.03. The molecule has 29 heavy (non-hydrogen) atoms. The largest absolute Gasteiger partial charge is 0.490 e. The van der Waals surface area contributed by atoms with Crippen molar-refractivity contribution in [3.8, 4) is 17.6 Å². The van der Waals surface area contributed by atoms with Crippen LogP contribution in [-0.2, 0) is 11.4 Å². The number of nitriles is 1. The average molecular weight is 458 g/mol. The zero-order valence-electron chi connectivity index (χ0n) is 16.0. The fourth-order valence-corrected chi connectivity index (χ4v) is 2.98. The molecule has 0 fully saturated rings. The molecule has 0 unspecified atom stereocenters. The van der Waals surface area contributed by atoms with Gasteiger partial charge in [-0.1, -0.05) is 29.8 Å². The normalized spacial score (nSPS) is 10.8. The van der Waals surface area contributed by atoms with Gasteiger partial charge < -0.3 is 15.2 Å². The van der Waals surface area contributed by atoms with Crippen molar-refractivity contribution in [2.24, 2.45) is 5.73 Å². The Kier molecular flexibility index (Phi) is 7.80. The number of halogens is 1. The molecule has 0 saturated carbocycles. The third-order valence-electron chi connectivity index (χ3n) is 3.75. The summed E-state index contributed by atoms with van der Waals surface area (Å²) in [7, 11) is 0. The zero-order valence-corrected chi connectivity index (χ0v) is 17.6. The van der Waals surface area contributed by atoms with Crippen LogP contribution in [0.3, 0.4) is 0 Å². The Labute approximate surface area is 177 Å². The molecular weight excluding hydrogens is 438 g/mol. The van der Waals surface area contributed by atoms with Crippen LogP contribution >= 0.6 is 15.9 Å². The molecule has 3 N–H and O–H groups in total. The predicted octanol–water partition coefficient (Wildman–Crippen LogP) is 3.84. The van der Waals surface area contributed by atoms with Gasteiger partial charge in [-0.3, -0.25) is 10.1 Å². The van der Waals surface area contributed by atoms with E-state index in [1.807, 2.05) is 43.4 Å². The number of imide groups is 1. The van der Waals surface area contributed by atoms with E-state index < -0.39 is 11.9 Å². The number of aryl methyl sites for hydroxylation is 1. The van der Waals surface area contributed by atoms with Crippen LogP contribution in [-0.4, -0.2) is 18.5 Å². The van der Waals surface area contributed by atoms with Gasteiger partial charge >= 0.3 is 6.03 Å². The van der Waals surface area contributed by atoms with E-state index in [2.05, 4.69) is 15.9 Å². The molecule has 0 atom stereocenters. The number of urea groups is 1. The Morgan fingerprint density at radius 2 is 1.93 bits per heavy atom. The van der Waals surface area contributed by atoms with Crippen LogP contribution in [0.1, 0.15) is 23.6 Å². The van der Waals surface area contributed by atoms with E-state index in [1.54, 1.807) is 18.2 Å². The number of rotatable bonds is 7. The minimum Gasteiger partial charge on any atom is -0.490 e. The Bertz CT molecular complexity index is 979. The summed E-state index contributed by atoms with van der Waals surface area (Å²) in [4.78, 5) is 22.7. The van der Waals surface area contributed by atoms with Crippen LogP contribution in [0.25, 0.3) is 6.08 Å². The van der Waals surface area contributed by atoms with E-state index in [-0.39, 0.29) is 5.57 Å². The van der Waals surface area contributed by atoms with Crippen molar-refractivity contribution < 1.29 is 19.1 Å². The minimum atomic E-state index is -1.04. The van der Waals surface area contributed by atoms with Crippen LogP contribution in [0.5, 0.6) is 11.5 Å². The number of amides is 3. The van der Waals surface area contributed by atoms with E-state index in [0.29, 0.717) is 34.7 Å². The highest BCUT2D eigenvalue weighted by Crippen LogP contribution is 2.38. The van der Waals surface area contributed by atoms with Crippen molar-refractivity contribution >= 4 is 33.9 Å². The summed E-state index contributed by atoms with van der Waals surface area (Å²) in [5, 5.41) is 11.1. The molecule has 7 nitrogen and oxygen atoms in total. The lowest BCUT2D eigenvalue weighted by Crippen LogP contribution is -2.35. The second kappa shape index (κ2) is 10.3. The average Bonchev–Trinajstić information content (AvgIpc) is 2.66. The maximum atomic E-state index is 11.9. The number of hydrogen-bond acceptors (Lipinski definition) is 5. The Hall–Kier alpha value is -3.31. The van der Waals surface area contributed by atoms with Crippen LogP contribution < -0.4 is 20.5 Å². The molecule has 0 saturated heterocycles. The van der Waals surface area contributed by atoms with Crippen molar-refractivity contribution in [1.82, 2.24) is 5.32 Å². The number of nitrogens with zero attached hydrogens (tertiary/aromatic N) is 1. The number of carbonyl (C=O) groups is 2. The molecule has 0 spiro atoms. The number of carbonyl (C=O) groups excluding carboxylic acids is 2. The summed E-state index contributed by atoms with van der Waals surface area (Å²) in [5.74, 6) is 0.0753. The molecule has 2 aromatic carbocycles. The number of nitrogens with one attached hydrogen (secondary N) is 1. The Morgan fingerprint density at radius 3 is 2.52 bits per heavy atom. The number of nitrogens with two attached hydrogens (primary N) is 1. The van der Waals surface area contributed by atoms with Gasteiger partial charge in [0.25, 0.3) is 5.91 Å². The van der Waals surface area contributed by atoms with Gasteiger partial charge in [0.05, 0.1) is 11.1 Å². The van der Waals surface area contributed by atoms with Crippen LogP contribution in [0.2, 0.25) is 0 Å². The lowest BCUT2D eigenvalue weighted by atomic mass is 10.1. The highest BCUT2D eigenvalue weighted by Gasteiger charge is 2.15. The first-order chi connectivity index (χ1) is 13.8. The molecule has 150 valence electrons. The number of primary amides is 1. The van der Waals surface area contributed by atoms with E-state index in [4.69, 9.17) is 15.2 Å². The van der Waals surface area contributed by atoms with Gasteiger partial charge in [-0.05, 0) is 59.1 Å². The van der Waals surface area contributed by atoms with Gasteiger partial charge in [-0.25, -0.2) is 4.79 Å². The minimum absolute atomic E-state index is 0.272. The molecule has 0 radical (unpaired) electrons. The fourth-order valence-electron chi connectivity index (χ4n) is 2.41. The molecule has 2 aromatic rings. The molecule has 3 amide bonds. The molecule has 0 bridgehead atoms. The number of ether oxygens (including phenoxy) is 2. The molecule has 8 heteroatoms. The molecule has 0 aliphatic rings. The smallest absolute Gasteiger partial charge is 0.319 e. The summed E-state index contributed by atoms with van der Waals surface area (Å²) in [6, 6.07) is 12.0. The number of benzene rings is 2. The first-order valence-corrected chi connectivity index (χ1v) is 9.50. The van der Waals surface area contributed by atoms with Gasteiger partial charge in [0, 0.05) is 0 Å². The van der Waals surface area contributed by atoms with Gasteiger partial charge in [-0.2, -0.15) is 5.26 Å². The lowest BCUT2D eigenvalue weighted by Gasteiger charge is -2.15. The van der Waals surface area contributed by atoms with Gasteiger partial charge in [0.1, 0.15) is 18.2 Å². The van der Waals surface area contributed by atoms with E-state index in [1.165, 1.54) is 6.08 Å². The summed E-state index contributed by atoms with van der Waals surface area (Å²) < 4.78 is 12.2. The van der Waals surface area contributed by atoms with Crippen molar-refractivity contribution in [2.75, 3.05) is 6.61 Å². The first-order valence-electron chi connectivity index (χ1n) is 8.71. The fraction of sp³-hybridized carbons (Fsp3) is 0.190. The van der Waals surface area contributed by atoms with Crippen LogP contribution in [0.4, 0.5) is 4.79 Å². The molecule has 0 aromatic heterocycles. The highest BCUT2D eigenvalue weighted by molar-refractivity contribution is 9.10. The quantitative estimate of drug-likeness (QED) is 0.484. The monoisotopic (exact) mass is 457 g/mol. The van der Waals surface area contributed by atoms with Crippen molar-refractivity contribution in [2.45, 2.75) is 20.5 Å². The molecular formula is C21H20BrN3O4.